The summed E-state index contributed by atoms with van der Waals surface area (Å²) < 4.78 is 0. The summed E-state index contributed by atoms with van der Waals surface area (Å²) in [7, 11) is 0. The SMILES string of the molecule is CC1(C)Cc2ccc(N=[N+]=[N-])cc2C(=O)N1. The topological polar surface area (TPSA) is 77.9 Å². The number of hydrogen-bond donors (Lipinski definition) is 1. The van der Waals surface area contributed by atoms with E-state index in [1.165, 1.54) is 0 Å². The summed E-state index contributed by atoms with van der Waals surface area (Å²) in [4.78, 5) is 14.5. The molecule has 0 atom stereocenters. The molecule has 2 rings (SSSR count). The van der Waals surface area contributed by atoms with Gasteiger partial charge in [0.1, 0.15) is 0 Å². The number of rotatable bonds is 1. The van der Waals surface area contributed by atoms with Gasteiger partial charge in [-0.25, -0.2) is 0 Å². The van der Waals surface area contributed by atoms with Gasteiger partial charge >= 0.3 is 0 Å². The van der Waals surface area contributed by atoms with E-state index >= 15 is 0 Å². The molecule has 1 N–H and O–H groups in total. The van der Waals surface area contributed by atoms with E-state index in [0.29, 0.717) is 11.3 Å². The summed E-state index contributed by atoms with van der Waals surface area (Å²) in [5.74, 6) is -0.110. The lowest BCUT2D eigenvalue weighted by Crippen LogP contribution is -2.49. The van der Waals surface area contributed by atoms with Crippen LogP contribution in [0.3, 0.4) is 0 Å². The first-order chi connectivity index (χ1) is 7.52. The highest BCUT2D eigenvalue weighted by Crippen LogP contribution is 2.26. The van der Waals surface area contributed by atoms with Crippen LogP contribution >= 0.6 is 0 Å². The minimum Gasteiger partial charge on any atom is -0.347 e. The Labute approximate surface area is 93.1 Å². The summed E-state index contributed by atoms with van der Waals surface area (Å²) in [5, 5.41) is 6.39. The quantitative estimate of drug-likeness (QED) is 0.437. The van der Waals surface area contributed by atoms with E-state index in [9.17, 15) is 4.79 Å². The molecular weight excluding hydrogens is 204 g/mol. The van der Waals surface area contributed by atoms with Crippen molar-refractivity contribution in [2.24, 2.45) is 5.11 Å². The predicted octanol–water partition coefficient (Wildman–Crippen LogP) is 2.69. The maximum Gasteiger partial charge on any atom is 0.251 e. The Morgan fingerprint density at radius 2 is 2.25 bits per heavy atom. The lowest BCUT2D eigenvalue weighted by atomic mass is 9.87. The molecule has 5 nitrogen and oxygen atoms in total. The molecule has 82 valence electrons. The van der Waals surface area contributed by atoms with E-state index in [1.54, 1.807) is 12.1 Å². The largest absolute Gasteiger partial charge is 0.347 e. The van der Waals surface area contributed by atoms with Crippen LogP contribution < -0.4 is 5.32 Å². The second-order valence-corrected chi connectivity index (χ2v) is 4.55. The highest BCUT2D eigenvalue weighted by Gasteiger charge is 2.29. The lowest BCUT2D eigenvalue weighted by molar-refractivity contribution is 0.0897. The van der Waals surface area contributed by atoms with E-state index < -0.39 is 0 Å². The molecule has 1 amide bonds. The molecule has 0 aliphatic carbocycles. The smallest absolute Gasteiger partial charge is 0.251 e. The number of carbonyl (C=O) groups excluding carboxylic acids is 1. The number of nitrogens with one attached hydrogen (secondary N) is 1. The first kappa shape index (κ1) is 10.5. The molecule has 0 spiro atoms. The molecule has 1 aromatic rings. The fraction of sp³-hybridized carbons (Fsp3) is 0.364. The van der Waals surface area contributed by atoms with Crippen molar-refractivity contribution >= 4 is 11.6 Å². The minimum atomic E-state index is -0.218. The molecule has 0 unspecified atom stereocenters. The van der Waals surface area contributed by atoms with Crippen LogP contribution in [0.15, 0.2) is 23.3 Å². The second kappa shape index (κ2) is 3.54. The molecule has 0 saturated heterocycles. The fourth-order valence-electron chi connectivity index (χ4n) is 1.94. The number of fused-ring (bicyclic) bond motifs is 1. The van der Waals surface area contributed by atoms with Crippen LogP contribution in [-0.2, 0) is 6.42 Å². The average Bonchev–Trinajstić information content (AvgIpc) is 2.18. The van der Waals surface area contributed by atoms with Crippen molar-refractivity contribution < 1.29 is 4.79 Å². The second-order valence-electron chi connectivity index (χ2n) is 4.55. The van der Waals surface area contributed by atoms with E-state index in [-0.39, 0.29) is 11.4 Å². The van der Waals surface area contributed by atoms with Crippen molar-refractivity contribution in [1.82, 2.24) is 5.32 Å². The summed E-state index contributed by atoms with van der Waals surface area (Å²) in [6.45, 7) is 3.96. The third kappa shape index (κ3) is 1.85. The van der Waals surface area contributed by atoms with Gasteiger partial charge in [-0.3, -0.25) is 4.79 Å². The molecular formula is C11H12N4O. The van der Waals surface area contributed by atoms with Gasteiger partial charge in [0.05, 0.1) is 0 Å². The molecule has 0 saturated carbocycles. The molecule has 1 aliphatic rings. The third-order valence-electron chi connectivity index (χ3n) is 2.58. The monoisotopic (exact) mass is 216 g/mol. The number of azide groups is 1. The first-order valence-corrected chi connectivity index (χ1v) is 5.02. The van der Waals surface area contributed by atoms with E-state index in [2.05, 4.69) is 15.3 Å². The molecule has 0 aromatic heterocycles. The summed E-state index contributed by atoms with van der Waals surface area (Å²) in [5.41, 5.74) is 10.2. The van der Waals surface area contributed by atoms with Crippen molar-refractivity contribution in [3.8, 4) is 0 Å². The standard InChI is InChI=1S/C11H12N4O/c1-11(2)6-7-3-4-8(14-15-12)5-9(7)10(16)13-11/h3-5H,6H2,1-2H3,(H,13,16). The van der Waals surface area contributed by atoms with Gasteiger partial charge in [0.15, 0.2) is 0 Å². The highest BCUT2D eigenvalue weighted by atomic mass is 16.1. The Hall–Kier alpha value is -2.00. The lowest BCUT2D eigenvalue weighted by Gasteiger charge is -2.32. The number of amides is 1. The Kier molecular flexibility index (Phi) is 2.33. The maximum absolute atomic E-state index is 11.8. The number of nitrogens with zero attached hydrogens (tertiary/aromatic N) is 3. The van der Waals surface area contributed by atoms with Gasteiger partial charge in [0.2, 0.25) is 0 Å². The van der Waals surface area contributed by atoms with Gasteiger partial charge in [-0.2, -0.15) is 0 Å². The molecule has 5 heteroatoms. The molecule has 1 aliphatic heterocycles. The van der Waals surface area contributed by atoms with Crippen LogP contribution in [0.1, 0.15) is 29.8 Å². The highest BCUT2D eigenvalue weighted by molar-refractivity contribution is 5.98. The van der Waals surface area contributed by atoms with Gasteiger partial charge < -0.3 is 5.32 Å². The van der Waals surface area contributed by atoms with E-state index in [1.807, 2.05) is 19.9 Å². The Morgan fingerprint density at radius 1 is 1.50 bits per heavy atom. The third-order valence-corrected chi connectivity index (χ3v) is 2.58. The zero-order valence-electron chi connectivity index (χ0n) is 9.19. The first-order valence-electron chi connectivity index (χ1n) is 5.02. The summed E-state index contributed by atoms with van der Waals surface area (Å²) in [6.07, 6.45) is 0.782. The molecule has 16 heavy (non-hydrogen) atoms. The zero-order chi connectivity index (χ0) is 11.8. The Bertz CT molecular complexity index is 501. The van der Waals surface area contributed by atoms with Crippen LogP contribution in [-0.4, -0.2) is 11.4 Å². The van der Waals surface area contributed by atoms with Gasteiger partial charge in [0, 0.05) is 21.7 Å². The van der Waals surface area contributed by atoms with Crippen LogP contribution in [0.25, 0.3) is 10.4 Å². The van der Waals surface area contributed by atoms with Gasteiger partial charge in [-0.15, -0.1) is 0 Å². The normalized spacial score (nSPS) is 17.0. The molecule has 1 aromatic carbocycles. The number of benzene rings is 1. The summed E-state index contributed by atoms with van der Waals surface area (Å²) >= 11 is 0. The van der Waals surface area contributed by atoms with Gasteiger partial charge in [-0.1, -0.05) is 17.2 Å². The zero-order valence-corrected chi connectivity index (χ0v) is 9.19. The maximum atomic E-state index is 11.8. The average molecular weight is 216 g/mol. The van der Waals surface area contributed by atoms with Crippen molar-refractivity contribution in [3.05, 3.63) is 39.8 Å². The predicted molar refractivity (Wildman–Crippen MR) is 60.5 cm³/mol. The Balaban J connectivity index is 2.49. The van der Waals surface area contributed by atoms with Gasteiger partial charge in [0.25, 0.3) is 5.91 Å². The van der Waals surface area contributed by atoms with Crippen molar-refractivity contribution in [2.45, 2.75) is 25.8 Å². The molecule has 0 bridgehead atoms. The molecule has 1 heterocycles. The van der Waals surface area contributed by atoms with Crippen LogP contribution in [0.5, 0.6) is 0 Å². The molecule has 0 fully saturated rings. The molecule has 0 radical (unpaired) electrons. The van der Waals surface area contributed by atoms with Crippen molar-refractivity contribution in [1.29, 1.82) is 0 Å². The van der Waals surface area contributed by atoms with Crippen LogP contribution in [0, 0.1) is 0 Å². The van der Waals surface area contributed by atoms with Crippen molar-refractivity contribution in [3.63, 3.8) is 0 Å². The van der Waals surface area contributed by atoms with Crippen molar-refractivity contribution in [2.75, 3.05) is 0 Å². The van der Waals surface area contributed by atoms with E-state index in [0.717, 1.165) is 12.0 Å². The van der Waals surface area contributed by atoms with Gasteiger partial charge in [-0.05, 0) is 37.4 Å². The van der Waals surface area contributed by atoms with E-state index in [4.69, 9.17) is 5.53 Å². The number of hydrogen-bond acceptors (Lipinski definition) is 2. The van der Waals surface area contributed by atoms with Crippen LogP contribution in [0.2, 0.25) is 0 Å². The Morgan fingerprint density at radius 3 is 2.94 bits per heavy atom. The minimum absolute atomic E-state index is 0.110. The summed E-state index contributed by atoms with van der Waals surface area (Å²) in [6, 6.07) is 5.20. The number of carbonyl (C=O) groups is 1. The van der Waals surface area contributed by atoms with Crippen LogP contribution in [0.4, 0.5) is 5.69 Å². The fourth-order valence-corrected chi connectivity index (χ4v) is 1.94.